The number of hydrogen-bond donors (Lipinski definition) is 2. The molecule has 0 spiro atoms. The van der Waals surface area contributed by atoms with E-state index in [2.05, 4.69) is 20.8 Å². The first-order chi connectivity index (χ1) is 12.2. The van der Waals surface area contributed by atoms with Crippen LogP contribution in [0.4, 0.5) is 0 Å². The third-order valence-electron chi connectivity index (χ3n) is 5.41. The lowest BCUT2D eigenvalue weighted by Crippen LogP contribution is -2.47. The number of rotatable bonds is 3. The fourth-order valence-electron chi connectivity index (χ4n) is 3.91. The average molecular weight is 355 g/mol. The fourth-order valence-corrected chi connectivity index (χ4v) is 3.91. The van der Waals surface area contributed by atoms with Gasteiger partial charge in [0.1, 0.15) is 11.4 Å². The van der Waals surface area contributed by atoms with E-state index in [1.165, 1.54) is 5.06 Å². The van der Waals surface area contributed by atoms with Crippen molar-refractivity contribution >= 4 is 0 Å². The molecule has 1 heterocycles. The van der Waals surface area contributed by atoms with Gasteiger partial charge in [-0.3, -0.25) is 0 Å². The van der Waals surface area contributed by atoms with Crippen LogP contribution in [-0.4, -0.2) is 29.0 Å². The van der Waals surface area contributed by atoms with Gasteiger partial charge in [-0.15, -0.1) is 0 Å². The van der Waals surface area contributed by atoms with E-state index in [1.807, 2.05) is 49.4 Å². The Kier molecular flexibility index (Phi) is 4.86. The van der Waals surface area contributed by atoms with Crippen molar-refractivity contribution in [1.82, 2.24) is 5.06 Å². The van der Waals surface area contributed by atoms with Crippen molar-refractivity contribution in [2.45, 2.75) is 51.2 Å². The number of aliphatic hydroxyl groups is 1. The number of nitrogens with zero attached hydrogens (tertiary/aromatic N) is 1. The highest BCUT2D eigenvalue weighted by atomic mass is 16.5. The number of hydrogen-bond acceptors (Lipinski definition) is 4. The van der Waals surface area contributed by atoms with E-state index in [0.717, 1.165) is 23.1 Å². The van der Waals surface area contributed by atoms with Crippen LogP contribution in [0.1, 0.15) is 62.4 Å². The Balaban J connectivity index is 2.25. The molecule has 0 aromatic heterocycles. The van der Waals surface area contributed by atoms with Crippen molar-refractivity contribution in [3.63, 3.8) is 0 Å². The summed E-state index contributed by atoms with van der Waals surface area (Å²) < 4.78 is 5.57. The minimum absolute atomic E-state index is 0.0591. The Morgan fingerprint density at radius 3 is 2.46 bits per heavy atom. The molecule has 0 bridgehead atoms. The Morgan fingerprint density at radius 1 is 1.15 bits per heavy atom. The molecule has 1 aliphatic rings. The second kappa shape index (κ2) is 6.69. The van der Waals surface area contributed by atoms with Crippen molar-refractivity contribution in [2.75, 3.05) is 13.7 Å². The van der Waals surface area contributed by atoms with Crippen LogP contribution in [0.3, 0.4) is 0 Å². The van der Waals surface area contributed by atoms with E-state index in [1.54, 1.807) is 7.11 Å². The number of fused-ring (bicyclic) bond motifs is 1. The summed E-state index contributed by atoms with van der Waals surface area (Å²) in [6.07, 6.45) is 0.767. The van der Waals surface area contributed by atoms with Gasteiger partial charge in [0.15, 0.2) is 0 Å². The summed E-state index contributed by atoms with van der Waals surface area (Å²) in [4.78, 5) is 0. The zero-order valence-corrected chi connectivity index (χ0v) is 16.3. The van der Waals surface area contributed by atoms with Crippen molar-refractivity contribution in [2.24, 2.45) is 0 Å². The van der Waals surface area contributed by atoms with Crippen LogP contribution in [0.25, 0.3) is 0 Å². The zero-order valence-electron chi connectivity index (χ0n) is 16.3. The fraction of sp³-hybridized carbons (Fsp3) is 0.455. The molecule has 1 aliphatic heterocycles. The third kappa shape index (κ3) is 3.02. The van der Waals surface area contributed by atoms with E-state index < -0.39 is 5.60 Å². The molecule has 0 aliphatic carbocycles. The maximum Gasteiger partial charge on any atom is 0.133 e. The Morgan fingerprint density at radius 2 is 1.85 bits per heavy atom. The molecule has 2 aromatic rings. The third-order valence-corrected chi connectivity index (χ3v) is 5.41. The predicted octanol–water partition coefficient (Wildman–Crippen LogP) is 4.38. The number of benzene rings is 2. The first-order valence-corrected chi connectivity index (χ1v) is 9.18. The van der Waals surface area contributed by atoms with Gasteiger partial charge >= 0.3 is 0 Å². The van der Waals surface area contributed by atoms with Gasteiger partial charge in [0.25, 0.3) is 0 Å². The summed E-state index contributed by atoms with van der Waals surface area (Å²) in [6, 6.07) is 13.6. The Hall–Kier alpha value is -1.88. The molecular formula is C22H29NO3. The average Bonchev–Trinajstić information content (AvgIpc) is 2.60. The van der Waals surface area contributed by atoms with Gasteiger partial charge in [0, 0.05) is 5.56 Å². The first-order valence-electron chi connectivity index (χ1n) is 9.18. The number of hydroxylamine groups is 2. The van der Waals surface area contributed by atoms with Crippen LogP contribution in [0.15, 0.2) is 42.5 Å². The summed E-state index contributed by atoms with van der Waals surface area (Å²) in [5, 5.41) is 23.7. The smallest absolute Gasteiger partial charge is 0.133 e. The van der Waals surface area contributed by atoms with Crippen LogP contribution in [0.5, 0.6) is 5.75 Å². The Bertz CT molecular complexity index is 796. The van der Waals surface area contributed by atoms with Crippen molar-refractivity contribution in [3.8, 4) is 5.75 Å². The van der Waals surface area contributed by atoms with Gasteiger partial charge in [0.05, 0.1) is 19.7 Å². The molecule has 4 nitrogen and oxygen atoms in total. The molecule has 0 fully saturated rings. The molecule has 3 rings (SSSR count). The van der Waals surface area contributed by atoms with Crippen molar-refractivity contribution < 1.29 is 15.1 Å². The van der Waals surface area contributed by atoms with Crippen LogP contribution < -0.4 is 4.74 Å². The first kappa shape index (κ1) is 18.9. The predicted molar refractivity (Wildman–Crippen MR) is 103 cm³/mol. The highest BCUT2D eigenvalue weighted by Gasteiger charge is 2.44. The molecule has 0 saturated carbocycles. The maximum atomic E-state index is 11.8. The van der Waals surface area contributed by atoms with Crippen molar-refractivity contribution in [3.05, 3.63) is 64.7 Å². The second-order valence-corrected chi connectivity index (χ2v) is 8.13. The molecule has 26 heavy (non-hydrogen) atoms. The summed E-state index contributed by atoms with van der Waals surface area (Å²) in [5.74, 6) is 0.624. The van der Waals surface area contributed by atoms with E-state index in [9.17, 15) is 10.3 Å². The molecule has 140 valence electrons. The minimum atomic E-state index is -1.34. The lowest BCUT2D eigenvalue weighted by molar-refractivity contribution is -0.175. The summed E-state index contributed by atoms with van der Waals surface area (Å²) in [5.41, 5.74) is 2.19. The van der Waals surface area contributed by atoms with E-state index >= 15 is 0 Å². The van der Waals surface area contributed by atoms with Gasteiger partial charge in [-0.25, -0.2) is 0 Å². The summed E-state index contributed by atoms with van der Waals surface area (Å²) in [7, 11) is 1.61. The van der Waals surface area contributed by atoms with Crippen molar-refractivity contribution in [1.29, 1.82) is 0 Å². The monoisotopic (exact) mass is 355 g/mol. The van der Waals surface area contributed by atoms with Gasteiger partial charge in [0.2, 0.25) is 0 Å². The molecule has 2 atom stereocenters. The van der Waals surface area contributed by atoms with Crippen LogP contribution in [-0.2, 0) is 11.0 Å². The number of methoxy groups -OCH3 is 1. The van der Waals surface area contributed by atoms with Crippen LogP contribution in [0.2, 0.25) is 0 Å². The number of ether oxygens (including phenoxy) is 1. The van der Waals surface area contributed by atoms with Gasteiger partial charge in [-0.05, 0) is 40.7 Å². The number of β-amino-alcohol motifs (C(OH)–C–C–N with tert-alkyl or cyclic N) is 1. The van der Waals surface area contributed by atoms with Crippen LogP contribution in [0, 0.1) is 0 Å². The molecule has 0 radical (unpaired) electrons. The molecule has 4 heteroatoms. The highest BCUT2D eigenvalue weighted by molar-refractivity contribution is 5.52. The molecular weight excluding hydrogens is 326 g/mol. The zero-order chi connectivity index (χ0) is 19.1. The quantitative estimate of drug-likeness (QED) is 0.858. The molecule has 2 unspecified atom stereocenters. The Labute approximate surface area is 156 Å². The largest absolute Gasteiger partial charge is 0.496 e. The van der Waals surface area contributed by atoms with Gasteiger partial charge in [-0.1, -0.05) is 58.0 Å². The topological polar surface area (TPSA) is 52.9 Å². The standard InChI is InChI=1S/C22H29NO3/c1-6-19-16-9-7-8-10-17(16)22(24,14-23(19)25)18-13-15(21(2,3)4)11-12-20(18)26-5/h7-13,19,24-25H,6,14H2,1-5H3. The summed E-state index contributed by atoms with van der Waals surface area (Å²) >= 11 is 0. The lowest BCUT2D eigenvalue weighted by atomic mass is 9.75. The lowest BCUT2D eigenvalue weighted by Gasteiger charge is -2.43. The highest BCUT2D eigenvalue weighted by Crippen LogP contribution is 2.46. The maximum absolute atomic E-state index is 11.8. The van der Waals surface area contributed by atoms with Gasteiger partial charge in [-0.2, -0.15) is 5.06 Å². The molecule has 0 saturated heterocycles. The van der Waals surface area contributed by atoms with E-state index in [0.29, 0.717) is 11.3 Å². The van der Waals surface area contributed by atoms with Crippen LogP contribution >= 0.6 is 0 Å². The molecule has 2 N–H and O–H groups in total. The minimum Gasteiger partial charge on any atom is -0.496 e. The molecule has 0 amide bonds. The molecule has 2 aromatic carbocycles. The second-order valence-electron chi connectivity index (χ2n) is 8.13. The normalized spacial score (nSPS) is 23.6. The van der Waals surface area contributed by atoms with E-state index in [-0.39, 0.29) is 18.0 Å². The SMILES string of the molecule is CCC1c2ccccc2C(O)(c2cc(C(C)(C)C)ccc2OC)CN1O. The van der Waals surface area contributed by atoms with E-state index in [4.69, 9.17) is 4.74 Å². The van der Waals surface area contributed by atoms with Gasteiger partial charge < -0.3 is 15.1 Å². The summed E-state index contributed by atoms with van der Waals surface area (Å²) in [6.45, 7) is 8.57.